The Morgan fingerprint density at radius 2 is 1.84 bits per heavy atom. The average molecular weight is 334 g/mol. The van der Waals surface area contributed by atoms with Gasteiger partial charge in [0.25, 0.3) is 0 Å². The van der Waals surface area contributed by atoms with Crippen molar-refractivity contribution < 1.29 is 25.2 Å². The first-order chi connectivity index (χ1) is 8.26. The van der Waals surface area contributed by atoms with Crippen molar-refractivity contribution in [2.24, 2.45) is 0 Å². The van der Waals surface area contributed by atoms with E-state index in [0.29, 0.717) is 5.92 Å². The Morgan fingerprint density at radius 3 is 2.26 bits per heavy atom. The minimum atomic E-state index is 0. The summed E-state index contributed by atoms with van der Waals surface area (Å²) in [5, 5.41) is 0. The van der Waals surface area contributed by atoms with Gasteiger partial charge < -0.3 is 0 Å². The zero-order valence-corrected chi connectivity index (χ0v) is 14.4. The molecule has 1 aliphatic carbocycles. The molecule has 2 rings (SSSR count). The second-order valence-corrected chi connectivity index (χ2v) is 5.22. The summed E-state index contributed by atoms with van der Waals surface area (Å²) in [6, 6.07) is 8.46. The van der Waals surface area contributed by atoms with Gasteiger partial charge in [0, 0.05) is 0 Å². The van der Waals surface area contributed by atoms with Crippen LogP contribution in [0.5, 0.6) is 5.75 Å². The molecule has 1 nitrogen and oxygen atoms in total. The largest absolute Gasteiger partial charge is 0.147 e. The zero-order chi connectivity index (χ0) is 12.3. The summed E-state index contributed by atoms with van der Waals surface area (Å²) >= 11 is 2.24. The van der Waals surface area contributed by atoms with E-state index in [0.717, 1.165) is 18.6 Å². The summed E-state index contributed by atoms with van der Waals surface area (Å²) in [7, 11) is 1.71. The number of hydrogen-bond acceptors (Lipinski definition) is 1. The van der Waals surface area contributed by atoms with Gasteiger partial charge in [-0.1, -0.05) is 0 Å². The Hall–Kier alpha value is -0.206. The van der Waals surface area contributed by atoms with Crippen molar-refractivity contribution in [2.45, 2.75) is 25.7 Å². The Balaban J connectivity index is 0.00000162. The van der Waals surface area contributed by atoms with Gasteiger partial charge in [-0.05, 0) is 0 Å². The number of halogens is 2. The van der Waals surface area contributed by atoms with Gasteiger partial charge in [-0.2, -0.15) is 0 Å². The van der Waals surface area contributed by atoms with Gasteiger partial charge >= 0.3 is 115 Å². The van der Waals surface area contributed by atoms with Crippen LogP contribution >= 0.6 is 24.8 Å². The van der Waals surface area contributed by atoms with E-state index in [9.17, 15) is 0 Å². The Bertz CT molecular complexity index is 452. The molecule has 0 heterocycles. The van der Waals surface area contributed by atoms with E-state index in [4.69, 9.17) is 4.74 Å². The van der Waals surface area contributed by atoms with E-state index in [1.165, 1.54) is 15.0 Å². The molecule has 0 aromatic heterocycles. The Morgan fingerprint density at radius 1 is 1.21 bits per heavy atom. The van der Waals surface area contributed by atoms with Crippen LogP contribution in [0.1, 0.15) is 31.2 Å². The molecule has 0 N–H and O–H groups in total. The smallest absolute Gasteiger partial charge is 0.147 e. The van der Waals surface area contributed by atoms with Crippen LogP contribution in [0.4, 0.5) is 0 Å². The standard InChI is InChI=1S/C15H17O.2ClH.Ti/c1-3-15(12-6-4-5-7-12)13-8-10-14(16-2)11-9-13;;;/h4,6,8-11,15H,3,5H2,1-2H3;2*1H;. The summed E-state index contributed by atoms with van der Waals surface area (Å²) in [5.41, 5.74) is 2.88. The summed E-state index contributed by atoms with van der Waals surface area (Å²) in [4.78, 5) is 0. The predicted molar refractivity (Wildman–Crippen MR) is 81.3 cm³/mol. The maximum atomic E-state index is 5.20. The second-order valence-electron chi connectivity index (χ2n) is 4.27. The zero-order valence-electron chi connectivity index (χ0n) is 11.2. The molecule has 1 unspecified atom stereocenters. The topological polar surface area (TPSA) is 9.23 Å². The van der Waals surface area contributed by atoms with E-state index in [1.54, 1.807) is 7.11 Å². The van der Waals surface area contributed by atoms with E-state index >= 15 is 0 Å². The molecule has 19 heavy (non-hydrogen) atoms. The molecule has 0 spiro atoms. The molecule has 0 amide bonds. The van der Waals surface area contributed by atoms with Crippen molar-refractivity contribution in [3.05, 3.63) is 51.4 Å². The number of methoxy groups -OCH3 is 1. The third-order valence-corrected chi connectivity index (χ3v) is 4.04. The van der Waals surface area contributed by atoms with Crippen LogP contribution in [0.3, 0.4) is 0 Å². The van der Waals surface area contributed by atoms with Crippen molar-refractivity contribution in [1.82, 2.24) is 0 Å². The first-order valence-electron chi connectivity index (χ1n) is 6.01. The molecule has 0 saturated carbocycles. The van der Waals surface area contributed by atoms with Crippen LogP contribution in [-0.4, -0.2) is 7.11 Å². The van der Waals surface area contributed by atoms with Gasteiger partial charge in [-0.3, -0.25) is 0 Å². The summed E-state index contributed by atoms with van der Waals surface area (Å²) in [6.45, 7) is 2.25. The number of benzene rings is 1. The summed E-state index contributed by atoms with van der Waals surface area (Å²) in [5.74, 6) is 1.45. The second kappa shape index (κ2) is 8.86. The first-order valence-corrected chi connectivity index (χ1v) is 6.79. The number of allylic oxidation sites excluding steroid dienone is 4. The minimum Gasteiger partial charge on any atom is -0.147 e. The molecule has 0 fully saturated rings. The van der Waals surface area contributed by atoms with Crippen LogP contribution in [-0.2, 0) is 20.4 Å². The molecule has 4 heteroatoms. The van der Waals surface area contributed by atoms with Crippen LogP contribution in [0.15, 0.2) is 45.9 Å². The third kappa shape index (κ3) is 4.39. The van der Waals surface area contributed by atoms with Gasteiger partial charge in [0.2, 0.25) is 0 Å². The fraction of sp³-hybridized carbons (Fsp3) is 0.333. The van der Waals surface area contributed by atoms with E-state index in [2.05, 4.69) is 51.6 Å². The van der Waals surface area contributed by atoms with Crippen molar-refractivity contribution in [3.8, 4) is 5.75 Å². The monoisotopic (exact) mass is 333 g/mol. The first kappa shape index (κ1) is 18.8. The molecule has 0 aliphatic heterocycles. The number of ether oxygens (including phenoxy) is 1. The molecule has 0 saturated heterocycles. The Labute approximate surface area is 139 Å². The van der Waals surface area contributed by atoms with Crippen molar-refractivity contribution in [3.63, 3.8) is 0 Å². The maximum Gasteiger partial charge on any atom is -0.147 e. The minimum absolute atomic E-state index is 0. The SMILES string of the molecule is CCC(C1=[C]([Ti])CC=C1)c1ccc(OC)cc1.Cl.Cl. The molecule has 1 aliphatic rings. The molecular weight excluding hydrogens is 315 g/mol. The van der Waals surface area contributed by atoms with E-state index in [-0.39, 0.29) is 24.8 Å². The molecule has 0 radical (unpaired) electrons. The van der Waals surface area contributed by atoms with Crippen molar-refractivity contribution >= 4 is 24.8 Å². The van der Waals surface area contributed by atoms with Crippen LogP contribution in [0.2, 0.25) is 0 Å². The fourth-order valence-corrected chi connectivity index (χ4v) is 2.91. The summed E-state index contributed by atoms with van der Waals surface area (Å²) in [6.07, 6.45) is 6.80. The predicted octanol–water partition coefficient (Wildman–Crippen LogP) is 4.79. The van der Waals surface area contributed by atoms with Gasteiger partial charge in [0.05, 0.1) is 0 Å². The van der Waals surface area contributed by atoms with Crippen molar-refractivity contribution in [1.29, 1.82) is 0 Å². The molecule has 1 aromatic carbocycles. The number of rotatable bonds is 4. The van der Waals surface area contributed by atoms with Gasteiger partial charge in [-0.25, -0.2) is 0 Å². The molecular formula is C15H19Cl2OTi. The van der Waals surface area contributed by atoms with Crippen LogP contribution < -0.4 is 4.74 Å². The van der Waals surface area contributed by atoms with Gasteiger partial charge in [-0.15, -0.1) is 24.8 Å². The van der Waals surface area contributed by atoms with E-state index < -0.39 is 0 Å². The molecule has 1 aromatic rings. The quantitative estimate of drug-likeness (QED) is 0.719. The van der Waals surface area contributed by atoms with E-state index in [1.807, 2.05) is 12.1 Å². The van der Waals surface area contributed by atoms with Gasteiger partial charge in [0.15, 0.2) is 0 Å². The summed E-state index contributed by atoms with van der Waals surface area (Å²) < 4.78 is 6.71. The maximum absolute atomic E-state index is 5.20. The Kier molecular flexibility index (Phi) is 8.77. The third-order valence-electron chi connectivity index (χ3n) is 3.27. The average Bonchev–Trinajstić information content (AvgIpc) is 2.78. The van der Waals surface area contributed by atoms with Crippen LogP contribution in [0, 0.1) is 0 Å². The van der Waals surface area contributed by atoms with Gasteiger partial charge in [0.1, 0.15) is 0 Å². The normalized spacial score (nSPS) is 14.6. The number of hydrogen-bond donors (Lipinski definition) is 0. The molecule has 103 valence electrons. The molecule has 0 bridgehead atoms. The molecule has 1 atom stereocenters. The van der Waals surface area contributed by atoms with Crippen LogP contribution in [0.25, 0.3) is 0 Å². The fourth-order valence-electron chi connectivity index (χ4n) is 2.32. The van der Waals surface area contributed by atoms with Crippen molar-refractivity contribution in [2.75, 3.05) is 7.11 Å².